The molecule has 0 aliphatic heterocycles. The molecule has 2 unspecified atom stereocenters. The zero-order valence-corrected chi connectivity index (χ0v) is 33.5. The lowest BCUT2D eigenvalue weighted by atomic mass is 9.77. The van der Waals surface area contributed by atoms with E-state index in [1.807, 2.05) is 60.9 Å². The fourth-order valence-electron chi connectivity index (χ4n) is 8.63. The second kappa shape index (κ2) is 17.0. The molecule has 2 heteroatoms. The molecule has 286 valence electrons. The molecular weight excluding hydrogens is 725 g/mol. The van der Waals surface area contributed by atoms with E-state index in [1.54, 1.807) is 0 Å². The Labute approximate surface area is 351 Å². The first-order chi connectivity index (χ1) is 29.6. The standard InChI is InChI=1S/C58H44N2/c1-4-7-22-44-37-46(33-34-48(44)47(5-2)54(6-3)59-39-40-20-10-8-11-21-40)56(43-25-12-9-13-26-43)50-29-18-16-27-45(50)38-55-52-35-31-41-23-14-17-28-49(41)57(52)53-36-32-42-24-15-19-30-51(42)58(53)60-55/h4-39,44,48H,1-3H2/b22-7-,45-38+,54-47-,56-50+,59-39?. The predicted octanol–water partition coefficient (Wildman–Crippen LogP) is 12.9. The summed E-state index contributed by atoms with van der Waals surface area (Å²) >= 11 is 0. The molecule has 1 aliphatic rings. The highest BCUT2D eigenvalue weighted by Crippen LogP contribution is 2.38. The molecule has 2 atom stereocenters. The molecule has 1 heterocycles. The van der Waals surface area contributed by atoms with Crippen molar-refractivity contribution in [3.63, 3.8) is 0 Å². The highest BCUT2D eigenvalue weighted by atomic mass is 14.7. The van der Waals surface area contributed by atoms with Crippen molar-refractivity contribution in [2.75, 3.05) is 0 Å². The average Bonchev–Trinajstić information content (AvgIpc) is 3.31. The minimum Gasteiger partial charge on any atom is -0.256 e. The second-order valence-electron chi connectivity index (χ2n) is 15.0. The van der Waals surface area contributed by atoms with Crippen LogP contribution in [0, 0.1) is 11.8 Å². The van der Waals surface area contributed by atoms with Crippen LogP contribution in [0.4, 0.5) is 0 Å². The van der Waals surface area contributed by atoms with Crippen LogP contribution in [0.5, 0.6) is 0 Å². The van der Waals surface area contributed by atoms with Gasteiger partial charge in [0.2, 0.25) is 0 Å². The first-order valence-corrected chi connectivity index (χ1v) is 20.4. The van der Waals surface area contributed by atoms with E-state index in [-0.39, 0.29) is 11.8 Å². The van der Waals surface area contributed by atoms with Gasteiger partial charge < -0.3 is 0 Å². The van der Waals surface area contributed by atoms with Crippen molar-refractivity contribution in [1.82, 2.24) is 4.98 Å². The summed E-state index contributed by atoms with van der Waals surface area (Å²) in [6.07, 6.45) is 20.9. The number of benzene rings is 7. The molecule has 1 aromatic heterocycles. The molecule has 0 spiro atoms. The van der Waals surface area contributed by atoms with Crippen LogP contribution >= 0.6 is 0 Å². The van der Waals surface area contributed by atoms with E-state index in [2.05, 4.69) is 178 Å². The molecule has 0 amide bonds. The molecule has 1 aliphatic carbocycles. The van der Waals surface area contributed by atoms with Gasteiger partial charge in [-0.05, 0) is 66.6 Å². The molecule has 0 bridgehead atoms. The van der Waals surface area contributed by atoms with Crippen LogP contribution in [-0.2, 0) is 0 Å². The molecule has 7 aromatic carbocycles. The molecule has 60 heavy (non-hydrogen) atoms. The lowest BCUT2D eigenvalue weighted by Crippen LogP contribution is -2.28. The van der Waals surface area contributed by atoms with Crippen molar-refractivity contribution >= 4 is 61.1 Å². The zero-order chi connectivity index (χ0) is 40.8. The summed E-state index contributed by atoms with van der Waals surface area (Å²) in [6.45, 7) is 12.4. The van der Waals surface area contributed by atoms with Crippen LogP contribution in [0.15, 0.2) is 248 Å². The monoisotopic (exact) mass is 768 g/mol. The Balaban J connectivity index is 1.28. The van der Waals surface area contributed by atoms with Crippen LogP contribution in [0.2, 0.25) is 0 Å². The number of allylic oxidation sites excluding steroid dienone is 10. The minimum atomic E-state index is -0.0278. The molecule has 9 rings (SSSR count). The van der Waals surface area contributed by atoms with Gasteiger partial charge in [-0.3, -0.25) is 4.99 Å². The Kier molecular flexibility index (Phi) is 10.8. The Bertz CT molecular complexity index is 3250. The first kappa shape index (κ1) is 37.9. The highest BCUT2D eigenvalue weighted by Gasteiger charge is 2.25. The predicted molar refractivity (Wildman–Crippen MR) is 257 cm³/mol. The van der Waals surface area contributed by atoms with Gasteiger partial charge in [0, 0.05) is 39.6 Å². The average molecular weight is 769 g/mol. The van der Waals surface area contributed by atoms with Gasteiger partial charge in [-0.25, -0.2) is 4.98 Å². The molecule has 0 saturated carbocycles. The van der Waals surface area contributed by atoms with Crippen molar-refractivity contribution in [3.05, 3.63) is 270 Å². The Hall–Kier alpha value is -7.68. The number of rotatable bonds is 10. The van der Waals surface area contributed by atoms with Crippen LogP contribution < -0.4 is 10.4 Å². The third kappa shape index (κ3) is 7.32. The summed E-state index contributed by atoms with van der Waals surface area (Å²) < 4.78 is 0. The van der Waals surface area contributed by atoms with Gasteiger partial charge >= 0.3 is 0 Å². The fourth-order valence-corrected chi connectivity index (χ4v) is 8.63. The molecule has 0 N–H and O–H groups in total. The Morgan fingerprint density at radius 3 is 2.03 bits per heavy atom. The molecule has 2 nitrogen and oxygen atoms in total. The number of hydrogen-bond acceptors (Lipinski definition) is 2. The van der Waals surface area contributed by atoms with E-state index < -0.39 is 0 Å². The summed E-state index contributed by atoms with van der Waals surface area (Å²) in [5.74, 6) is -0.0413. The number of hydrogen-bond donors (Lipinski definition) is 0. The van der Waals surface area contributed by atoms with E-state index in [9.17, 15) is 0 Å². The number of nitrogens with zero attached hydrogens (tertiary/aromatic N) is 2. The van der Waals surface area contributed by atoms with Gasteiger partial charge in [0.05, 0.1) is 16.9 Å². The quantitative estimate of drug-likeness (QED) is 0.0773. The summed E-state index contributed by atoms with van der Waals surface area (Å²) in [5.41, 5.74) is 8.17. The smallest absolute Gasteiger partial charge is 0.0794 e. The zero-order valence-electron chi connectivity index (χ0n) is 33.5. The first-order valence-electron chi connectivity index (χ1n) is 20.4. The van der Waals surface area contributed by atoms with Crippen LogP contribution in [0.25, 0.3) is 54.9 Å². The highest BCUT2D eigenvalue weighted by molar-refractivity contribution is 6.24. The van der Waals surface area contributed by atoms with E-state index in [4.69, 9.17) is 9.98 Å². The molecule has 8 aromatic rings. The van der Waals surface area contributed by atoms with Crippen molar-refractivity contribution in [3.8, 4) is 0 Å². The third-order valence-corrected chi connectivity index (χ3v) is 11.4. The van der Waals surface area contributed by atoms with Gasteiger partial charge in [0.25, 0.3) is 0 Å². The Morgan fingerprint density at radius 2 is 1.28 bits per heavy atom. The molecular formula is C58H44N2. The van der Waals surface area contributed by atoms with E-state index in [0.717, 1.165) is 71.3 Å². The molecule has 0 fully saturated rings. The van der Waals surface area contributed by atoms with Crippen LogP contribution in [0.1, 0.15) is 16.8 Å². The number of aromatic nitrogens is 1. The van der Waals surface area contributed by atoms with Gasteiger partial charge in [-0.1, -0.05) is 220 Å². The maximum absolute atomic E-state index is 5.52. The van der Waals surface area contributed by atoms with Crippen molar-refractivity contribution in [2.24, 2.45) is 16.8 Å². The lowest BCUT2D eigenvalue weighted by molar-refractivity contribution is 0.637. The topological polar surface area (TPSA) is 25.2 Å². The number of aliphatic imine (C=N–C) groups is 1. The summed E-state index contributed by atoms with van der Waals surface area (Å²) in [6, 6.07) is 55.7. The number of pyridine rings is 1. The normalized spacial score (nSPS) is 16.7. The van der Waals surface area contributed by atoms with Crippen molar-refractivity contribution in [2.45, 2.75) is 0 Å². The maximum Gasteiger partial charge on any atom is 0.0794 e. The summed E-state index contributed by atoms with van der Waals surface area (Å²) in [7, 11) is 0. The van der Waals surface area contributed by atoms with Crippen LogP contribution in [-0.4, -0.2) is 11.2 Å². The SMILES string of the molecule is C=C/C=C\C1C=C(/C(c2ccccc2)=c2\cccc\c2=C/c2nc3c4ccccc4ccc3c3c2ccc2ccccc23)C=CC1/C(C=C)=C(/C=C)N=Cc1ccccc1. The van der Waals surface area contributed by atoms with E-state index in [1.165, 1.54) is 21.5 Å². The van der Waals surface area contributed by atoms with E-state index >= 15 is 0 Å². The summed E-state index contributed by atoms with van der Waals surface area (Å²) in [4.78, 5) is 10.4. The molecule has 0 radical (unpaired) electrons. The molecule has 0 saturated heterocycles. The van der Waals surface area contributed by atoms with E-state index in [0.29, 0.717) is 0 Å². The minimum absolute atomic E-state index is 0.0135. The lowest BCUT2D eigenvalue weighted by Gasteiger charge is -2.27. The second-order valence-corrected chi connectivity index (χ2v) is 15.0. The summed E-state index contributed by atoms with van der Waals surface area (Å²) in [5, 5.41) is 10.5. The van der Waals surface area contributed by atoms with Gasteiger partial charge in [-0.15, -0.1) is 0 Å². The fraction of sp³-hybridized carbons (Fsp3) is 0.0345. The number of fused-ring (bicyclic) bond motifs is 7. The van der Waals surface area contributed by atoms with Crippen LogP contribution in [0.3, 0.4) is 0 Å². The van der Waals surface area contributed by atoms with Crippen molar-refractivity contribution < 1.29 is 0 Å². The largest absolute Gasteiger partial charge is 0.256 e. The van der Waals surface area contributed by atoms with Gasteiger partial charge in [0.15, 0.2) is 0 Å². The maximum atomic E-state index is 5.52. The van der Waals surface area contributed by atoms with Crippen molar-refractivity contribution in [1.29, 1.82) is 0 Å². The van der Waals surface area contributed by atoms with Gasteiger partial charge in [-0.2, -0.15) is 0 Å². The Morgan fingerprint density at radius 1 is 0.617 bits per heavy atom. The van der Waals surface area contributed by atoms with Gasteiger partial charge in [0.1, 0.15) is 0 Å². The third-order valence-electron chi connectivity index (χ3n) is 11.4.